The molecule has 3 nitrogen and oxygen atoms in total. The monoisotopic (exact) mass is 195 g/mol. The third kappa shape index (κ3) is 3.01. The molecule has 1 aromatic rings. The Kier molecular flexibility index (Phi) is 4.43. The molecule has 1 aromatic carbocycles. The molecule has 0 saturated heterocycles. The first kappa shape index (κ1) is 11.0. The molecular weight excluding hydrogens is 178 g/mol. The second kappa shape index (κ2) is 5.62. The molecule has 0 aliphatic heterocycles. The van der Waals surface area contributed by atoms with E-state index in [0.29, 0.717) is 6.61 Å². The van der Waals surface area contributed by atoms with Crippen LogP contribution in [0.3, 0.4) is 0 Å². The number of ether oxygens (including phenoxy) is 1. The minimum Gasteiger partial charge on any atom is -0.491 e. The number of rotatable bonds is 5. The molecule has 1 unspecified atom stereocenters. The summed E-state index contributed by atoms with van der Waals surface area (Å²) in [5.41, 5.74) is 6.98. The Bertz CT molecular complexity index is 258. The lowest BCUT2D eigenvalue weighted by molar-refractivity contribution is 0.201. The van der Waals surface area contributed by atoms with Gasteiger partial charge in [0.05, 0.1) is 6.61 Å². The van der Waals surface area contributed by atoms with Gasteiger partial charge in [-0.2, -0.15) is 0 Å². The fraction of sp³-hybridized carbons (Fsp3) is 0.455. The predicted octanol–water partition coefficient (Wildman–Crippen LogP) is 1.47. The van der Waals surface area contributed by atoms with E-state index in [1.54, 1.807) is 0 Å². The Morgan fingerprint density at radius 3 is 2.50 bits per heavy atom. The molecule has 78 valence electrons. The molecule has 1 rings (SSSR count). The molecule has 1 atom stereocenters. The normalized spacial score (nSPS) is 12.5. The summed E-state index contributed by atoms with van der Waals surface area (Å²) in [6.45, 7) is 2.43. The van der Waals surface area contributed by atoms with Crippen molar-refractivity contribution in [1.82, 2.24) is 0 Å². The van der Waals surface area contributed by atoms with Gasteiger partial charge in [-0.15, -0.1) is 0 Å². The number of hydrogen-bond donors (Lipinski definition) is 2. The molecule has 0 spiro atoms. The third-order valence-electron chi connectivity index (χ3n) is 2.11. The maximum atomic E-state index is 8.56. The molecule has 0 fully saturated rings. The molecule has 0 heterocycles. The van der Waals surface area contributed by atoms with Crippen molar-refractivity contribution in [3.8, 4) is 5.75 Å². The largest absolute Gasteiger partial charge is 0.491 e. The second-order valence-electron chi connectivity index (χ2n) is 3.16. The smallest absolute Gasteiger partial charge is 0.119 e. The lowest BCUT2D eigenvalue weighted by Gasteiger charge is -2.10. The maximum Gasteiger partial charge on any atom is 0.119 e. The van der Waals surface area contributed by atoms with Gasteiger partial charge in [-0.05, 0) is 24.1 Å². The van der Waals surface area contributed by atoms with Crippen LogP contribution in [0.15, 0.2) is 24.3 Å². The summed E-state index contributed by atoms with van der Waals surface area (Å²) in [4.78, 5) is 0. The van der Waals surface area contributed by atoms with Crippen LogP contribution in [0.2, 0.25) is 0 Å². The molecule has 14 heavy (non-hydrogen) atoms. The Labute approximate surface area is 84.5 Å². The van der Waals surface area contributed by atoms with Crippen LogP contribution in [0.25, 0.3) is 0 Å². The molecule has 0 bridgehead atoms. The van der Waals surface area contributed by atoms with Crippen LogP contribution in [0.5, 0.6) is 5.75 Å². The summed E-state index contributed by atoms with van der Waals surface area (Å²) in [6.07, 6.45) is 0.927. The van der Waals surface area contributed by atoms with Gasteiger partial charge in [0, 0.05) is 6.04 Å². The zero-order chi connectivity index (χ0) is 10.4. The van der Waals surface area contributed by atoms with Crippen molar-refractivity contribution in [2.45, 2.75) is 19.4 Å². The van der Waals surface area contributed by atoms with E-state index in [2.05, 4.69) is 6.92 Å². The summed E-state index contributed by atoms with van der Waals surface area (Å²) in [5, 5.41) is 8.56. The molecule has 0 aliphatic carbocycles. The summed E-state index contributed by atoms with van der Waals surface area (Å²) in [6, 6.07) is 7.77. The third-order valence-corrected chi connectivity index (χ3v) is 2.11. The Morgan fingerprint density at radius 2 is 2.00 bits per heavy atom. The zero-order valence-electron chi connectivity index (χ0n) is 8.44. The van der Waals surface area contributed by atoms with Crippen molar-refractivity contribution in [2.75, 3.05) is 13.2 Å². The van der Waals surface area contributed by atoms with E-state index in [1.165, 1.54) is 0 Å². The van der Waals surface area contributed by atoms with E-state index in [4.69, 9.17) is 15.6 Å². The number of aliphatic hydroxyl groups excluding tert-OH is 1. The molecule has 3 N–H and O–H groups in total. The Hall–Kier alpha value is -1.06. The van der Waals surface area contributed by atoms with Gasteiger partial charge in [0.15, 0.2) is 0 Å². The van der Waals surface area contributed by atoms with Crippen LogP contribution >= 0.6 is 0 Å². The number of benzene rings is 1. The maximum absolute atomic E-state index is 8.56. The second-order valence-corrected chi connectivity index (χ2v) is 3.16. The van der Waals surface area contributed by atoms with Gasteiger partial charge < -0.3 is 15.6 Å². The zero-order valence-corrected chi connectivity index (χ0v) is 8.44. The number of hydrogen-bond acceptors (Lipinski definition) is 3. The van der Waals surface area contributed by atoms with Crippen LogP contribution in [0.1, 0.15) is 24.9 Å². The highest BCUT2D eigenvalue weighted by atomic mass is 16.5. The summed E-state index contributed by atoms with van der Waals surface area (Å²) >= 11 is 0. The van der Waals surface area contributed by atoms with Gasteiger partial charge in [-0.1, -0.05) is 19.1 Å². The van der Waals surface area contributed by atoms with Crippen LogP contribution in [0.4, 0.5) is 0 Å². The van der Waals surface area contributed by atoms with Gasteiger partial charge in [0.2, 0.25) is 0 Å². The lowest BCUT2D eigenvalue weighted by atomic mass is 10.1. The Morgan fingerprint density at radius 1 is 1.36 bits per heavy atom. The highest BCUT2D eigenvalue weighted by Gasteiger charge is 2.02. The minimum absolute atomic E-state index is 0.0379. The van der Waals surface area contributed by atoms with Crippen LogP contribution in [0, 0.1) is 0 Å². The van der Waals surface area contributed by atoms with Crippen LogP contribution in [-0.2, 0) is 0 Å². The standard InChI is InChI=1S/C11H17NO2/c1-2-11(12)9-3-5-10(6-4-9)14-8-7-13/h3-6,11,13H,2,7-8,12H2,1H3. The highest BCUT2D eigenvalue weighted by molar-refractivity contribution is 5.28. The van der Waals surface area contributed by atoms with Crippen LogP contribution in [-0.4, -0.2) is 18.3 Å². The fourth-order valence-corrected chi connectivity index (χ4v) is 1.21. The van der Waals surface area contributed by atoms with Crippen LogP contribution < -0.4 is 10.5 Å². The van der Waals surface area contributed by atoms with E-state index < -0.39 is 0 Å². The summed E-state index contributed by atoms with van der Waals surface area (Å²) < 4.78 is 5.23. The minimum atomic E-state index is 0.0379. The van der Waals surface area contributed by atoms with Crippen molar-refractivity contribution in [2.24, 2.45) is 5.73 Å². The molecule has 0 saturated carbocycles. The van der Waals surface area contributed by atoms with Gasteiger partial charge in [-0.25, -0.2) is 0 Å². The van der Waals surface area contributed by atoms with E-state index in [0.717, 1.165) is 17.7 Å². The van der Waals surface area contributed by atoms with Crippen molar-refractivity contribution in [3.63, 3.8) is 0 Å². The van der Waals surface area contributed by atoms with E-state index in [-0.39, 0.29) is 12.6 Å². The van der Waals surface area contributed by atoms with E-state index >= 15 is 0 Å². The first-order chi connectivity index (χ1) is 6.77. The van der Waals surface area contributed by atoms with E-state index in [1.807, 2.05) is 24.3 Å². The number of aliphatic hydroxyl groups is 1. The lowest BCUT2D eigenvalue weighted by Crippen LogP contribution is -2.08. The molecular formula is C11H17NO2. The molecule has 0 aromatic heterocycles. The number of nitrogens with two attached hydrogens (primary N) is 1. The first-order valence-electron chi connectivity index (χ1n) is 4.87. The van der Waals surface area contributed by atoms with E-state index in [9.17, 15) is 0 Å². The summed E-state index contributed by atoms with van der Waals surface area (Å²) in [5.74, 6) is 0.770. The summed E-state index contributed by atoms with van der Waals surface area (Å²) in [7, 11) is 0. The first-order valence-corrected chi connectivity index (χ1v) is 4.87. The SMILES string of the molecule is CCC(N)c1ccc(OCCO)cc1. The quantitative estimate of drug-likeness (QED) is 0.748. The average Bonchev–Trinajstić information content (AvgIpc) is 2.26. The van der Waals surface area contributed by atoms with Gasteiger partial charge in [0.25, 0.3) is 0 Å². The van der Waals surface area contributed by atoms with Crippen molar-refractivity contribution in [3.05, 3.63) is 29.8 Å². The van der Waals surface area contributed by atoms with Gasteiger partial charge in [-0.3, -0.25) is 0 Å². The molecule has 3 heteroatoms. The van der Waals surface area contributed by atoms with Gasteiger partial charge >= 0.3 is 0 Å². The van der Waals surface area contributed by atoms with Crippen molar-refractivity contribution in [1.29, 1.82) is 0 Å². The van der Waals surface area contributed by atoms with Gasteiger partial charge in [0.1, 0.15) is 12.4 Å². The Balaban J connectivity index is 2.59. The molecule has 0 radical (unpaired) electrons. The van der Waals surface area contributed by atoms with Crippen molar-refractivity contribution >= 4 is 0 Å². The molecule has 0 amide bonds. The average molecular weight is 195 g/mol. The molecule has 0 aliphatic rings. The topological polar surface area (TPSA) is 55.5 Å². The predicted molar refractivity (Wildman–Crippen MR) is 56.2 cm³/mol. The highest BCUT2D eigenvalue weighted by Crippen LogP contribution is 2.17. The van der Waals surface area contributed by atoms with Crippen molar-refractivity contribution < 1.29 is 9.84 Å². The fourth-order valence-electron chi connectivity index (χ4n) is 1.21.